The first-order valence-corrected chi connectivity index (χ1v) is 11.8. The van der Waals surface area contributed by atoms with Crippen molar-refractivity contribution in [1.82, 2.24) is 4.90 Å². The lowest BCUT2D eigenvalue weighted by Crippen LogP contribution is -2.33. The first-order valence-electron chi connectivity index (χ1n) is 11.0. The van der Waals surface area contributed by atoms with Gasteiger partial charge in [-0.25, -0.2) is 0 Å². The zero-order valence-electron chi connectivity index (χ0n) is 18.4. The topological polar surface area (TPSA) is 55.8 Å². The standard InChI is InChI=1S/C25H32BrNO4/c1-3-5-6-10-17-31-23-14-13-21(18-22(23)26)25(29)27(16-15-24(28)30-4-2)19-20-11-8-7-9-12-20/h7-9,11-14,18H,3-6,10,15-17,19H2,1-2H3. The third kappa shape index (κ3) is 8.74. The van der Waals surface area contributed by atoms with Crippen LogP contribution in [0.5, 0.6) is 5.75 Å². The maximum Gasteiger partial charge on any atom is 0.307 e. The molecule has 2 rings (SSSR count). The third-order valence-corrected chi connectivity index (χ3v) is 5.45. The molecule has 31 heavy (non-hydrogen) atoms. The molecule has 0 radical (unpaired) electrons. The fourth-order valence-corrected chi connectivity index (χ4v) is 3.65. The van der Waals surface area contributed by atoms with Gasteiger partial charge < -0.3 is 14.4 Å². The summed E-state index contributed by atoms with van der Waals surface area (Å²) < 4.78 is 11.6. The van der Waals surface area contributed by atoms with Gasteiger partial charge in [-0.05, 0) is 53.0 Å². The van der Waals surface area contributed by atoms with Gasteiger partial charge in [-0.1, -0.05) is 56.5 Å². The SMILES string of the molecule is CCCCCCOc1ccc(C(=O)N(CCC(=O)OCC)Cc2ccccc2)cc1Br. The van der Waals surface area contributed by atoms with Crippen molar-refractivity contribution in [2.45, 2.75) is 52.5 Å². The van der Waals surface area contributed by atoms with Crippen LogP contribution in [0.1, 0.15) is 61.9 Å². The molecule has 5 nitrogen and oxygen atoms in total. The molecule has 2 aromatic rings. The number of hydrogen-bond donors (Lipinski definition) is 0. The first-order chi connectivity index (χ1) is 15.0. The molecule has 0 aliphatic heterocycles. The second-order valence-electron chi connectivity index (χ2n) is 7.32. The highest BCUT2D eigenvalue weighted by molar-refractivity contribution is 9.10. The van der Waals surface area contributed by atoms with Crippen molar-refractivity contribution in [2.24, 2.45) is 0 Å². The molecular weight excluding hydrogens is 458 g/mol. The van der Waals surface area contributed by atoms with Gasteiger partial charge >= 0.3 is 5.97 Å². The van der Waals surface area contributed by atoms with Crippen LogP contribution in [0, 0.1) is 0 Å². The van der Waals surface area contributed by atoms with E-state index in [4.69, 9.17) is 9.47 Å². The van der Waals surface area contributed by atoms with Crippen LogP contribution in [0.4, 0.5) is 0 Å². The molecule has 0 N–H and O–H groups in total. The average Bonchev–Trinajstić information content (AvgIpc) is 2.77. The monoisotopic (exact) mass is 489 g/mol. The highest BCUT2D eigenvalue weighted by atomic mass is 79.9. The van der Waals surface area contributed by atoms with E-state index in [2.05, 4.69) is 22.9 Å². The Bertz CT molecular complexity index is 826. The molecule has 0 aliphatic rings. The van der Waals surface area contributed by atoms with Gasteiger partial charge in [0.15, 0.2) is 0 Å². The van der Waals surface area contributed by atoms with E-state index in [1.807, 2.05) is 36.4 Å². The summed E-state index contributed by atoms with van der Waals surface area (Å²) in [6.07, 6.45) is 4.73. The van der Waals surface area contributed by atoms with Crippen LogP contribution in [-0.4, -0.2) is 36.5 Å². The molecule has 0 saturated heterocycles. The minimum Gasteiger partial charge on any atom is -0.492 e. The smallest absolute Gasteiger partial charge is 0.307 e. The number of amides is 1. The number of rotatable bonds is 13. The summed E-state index contributed by atoms with van der Waals surface area (Å²) in [5.41, 5.74) is 1.55. The summed E-state index contributed by atoms with van der Waals surface area (Å²) in [4.78, 5) is 26.7. The van der Waals surface area contributed by atoms with Crippen molar-refractivity contribution in [3.05, 3.63) is 64.1 Å². The van der Waals surface area contributed by atoms with Gasteiger partial charge in [0.05, 0.1) is 24.1 Å². The van der Waals surface area contributed by atoms with Gasteiger partial charge in [-0.3, -0.25) is 9.59 Å². The van der Waals surface area contributed by atoms with Gasteiger partial charge in [0, 0.05) is 18.7 Å². The molecule has 0 unspecified atom stereocenters. The number of esters is 1. The Labute approximate surface area is 193 Å². The van der Waals surface area contributed by atoms with Gasteiger partial charge in [-0.15, -0.1) is 0 Å². The molecule has 0 bridgehead atoms. The Morgan fingerprint density at radius 2 is 1.77 bits per heavy atom. The quantitative estimate of drug-likeness (QED) is 0.255. The summed E-state index contributed by atoms with van der Waals surface area (Å²) in [6.45, 7) is 5.66. The number of halogens is 1. The molecule has 0 aromatic heterocycles. The van der Waals surface area contributed by atoms with E-state index in [0.717, 1.165) is 28.6 Å². The van der Waals surface area contributed by atoms with E-state index in [-0.39, 0.29) is 18.3 Å². The number of nitrogens with zero attached hydrogens (tertiary/aromatic N) is 1. The van der Waals surface area contributed by atoms with Crippen molar-refractivity contribution >= 4 is 27.8 Å². The summed E-state index contributed by atoms with van der Waals surface area (Å²) in [5.74, 6) is 0.291. The van der Waals surface area contributed by atoms with Crippen molar-refractivity contribution in [1.29, 1.82) is 0 Å². The van der Waals surface area contributed by atoms with E-state index < -0.39 is 0 Å². The van der Waals surface area contributed by atoms with Gasteiger partial charge in [0.25, 0.3) is 5.91 Å². The van der Waals surface area contributed by atoms with Crippen LogP contribution in [-0.2, 0) is 16.1 Å². The average molecular weight is 490 g/mol. The second kappa shape index (κ2) is 13.9. The third-order valence-electron chi connectivity index (χ3n) is 4.83. The molecular formula is C25H32BrNO4. The summed E-state index contributed by atoms with van der Waals surface area (Å²) >= 11 is 3.53. The van der Waals surface area contributed by atoms with E-state index in [9.17, 15) is 9.59 Å². The molecule has 0 heterocycles. The normalized spacial score (nSPS) is 10.5. The lowest BCUT2D eigenvalue weighted by molar-refractivity contribution is -0.143. The lowest BCUT2D eigenvalue weighted by Gasteiger charge is -2.23. The molecule has 0 spiro atoms. The second-order valence-corrected chi connectivity index (χ2v) is 8.18. The fourth-order valence-electron chi connectivity index (χ4n) is 3.16. The van der Waals surface area contributed by atoms with Crippen LogP contribution in [0.3, 0.4) is 0 Å². The number of carbonyl (C=O) groups is 2. The first kappa shape index (κ1) is 24.9. The van der Waals surface area contributed by atoms with Crippen molar-refractivity contribution in [2.75, 3.05) is 19.8 Å². The van der Waals surface area contributed by atoms with E-state index >= 15 is 0 Å². The number of benzene rings is 2. The molecule has 2 aromatic carbocycles. The Balaban J connectivity index is 2.07. The Kier molecular flexibility index (Phi) is 11.1. The maximum atomic E-state index is 13.2. The molecule has 6 heteroatoms. The van der Waals surface area contributed by atoms with Crippen LogP contribution >= 0.6 is 15.9 Å². The van der Waals surface area contributed by atoms with Gasteiger partial charge in [0.1, 0.15) is 5.75 Å². The summed E-state index contributed by atoms with van der Waals surface area (Å²) in [6, 6.07) is 15.1. The molecule has 0 saturated carbocycles. The minimum atomic E-state index is -0.304. The number of carbonyl (C=O) groups excluding carboxylic acids is 2. The van der Waals surface area contributed by atoms with E-state index in [1.54, 1.807) is 24.0 Å². The molecule has 168 valence electrons. The van der Waals surface area contributed by atoms with Gasteiger partial charge in [0.2, 0.25) is 0 Å². The highest BCUT2D eigenvalue weighted by Crippen LogP contribution is 2.27. The summed E-state index contributed by atoms with van der Waals surface area (Å²) in [5, 5.41) is 0. The predicted molar refractivity (Wildman–Crippen MR) is 126 cm³/mol. The van der Waals surface area contributed by atoms with Crippen molar-refractivity contribution in [3.8, 4) is 5.75 Å². The predicted octanol–water partition coefficient (Wildman–Crippen LogP) is 6.00. The van der Waals surface area contributed by atoms with Crippen LogP contribution in [0.25, 0.3) is 0 Å². The molecule has 0 atom stereocenters. The summed E-state index contributed by atoms with van der Waals surface area (Å²) in [7, 11) is 0. The van der Waals surface area contributed by atoms with Crippen molar-refractivity contribution < 1.29 is 19.1 Å². The molecule has 1 amide bonds. The molecule has 0 aliphatic carbocycles. The Morgan fingerprint density at radius 3 is 2.45 bits per heavy atom. The molecule has 0 fully saturated rings. The van der Waals surface area contributed by atoms with Crippen LogP contribution < -0.4 is 4.74 Å². The van der Waals surface area contributed by atoms with Gasteiger partial charge in [-0.2, -0.15) is 0 Å². The maximum absolute atomic E-state index is 13.2. The fraction of sp³-hybridized carbons (Fsp3) is 0.440. The Morgan fingerprint density at radius 1 is 1.00 bits per heavy atom. The largest absolute Gasteiger partial charge is 0.492 e. The Hall–Kier alpha value is -2.34. The number of hydrogen-bond acceptors (Lipinski definition) is 4. The number of ether oxygens (including phenoxy) is 2. The highest BCUT2D eigenvalue weighted by Gasteiger charge is 2.19. The minimum absolute atomic E-state index is 0.136. The lowest BCUT2D eigenvalue weighted by atomic mass is 10.1. The number of unbranched alkanes of at least 4 members (excludes halogenated alkanes) is 3. The van der Waals surface area contributed by atoms with Crippen LogP contribution in [0.15, 0.2) is 53.0 Å². The van der Waals surface area contributed by atoms with Crippen LogP contribution in [0.2, 0.25) is 0 Å². The van der Waals surface area contributed by atoms with E-state index in [0.29, 0.717) is 31.9 Å². The zero-order valence-corrected chi connectivity index (χ0v) is 20.0. The zero-order chi connectivity index (χ0) is 22.5. The van der Waals surface area contributed by atoms with E-state index in [1.165, 1.54) is 12.8 Å². The van der Waals surface area contributed by atoms with Crippen molar-refractivity contribution in [3.63, 3.8) is 0 Å².